The first-order valence-electron chi connectivity index (χ1n) is 6.55. The Kier molecular flexibility index (Phi) is 4.95. The molecule has 1 heterocycles. The summed E-state index contributed by atoms with van der Waals surface area (Å²) in [6, 6.07) is 0. The molecule has 4 heteroatoms. The van der Waals surface area contributed by atoms with Crippen molar-refractivity contribution in [2.24, 2.45) is 5.41 Å². The third-order valence-corrected chi connectivity index (χ3v) is 4.16. The highest BCUT2D eigenvalue weighted by molar-refractivity contribution is 5.85. The van der Waals surface area contributed by atoms with Gasteiger partial charge in [0.1, 0.15) is 5.60 Å². The topological polar surface area (TPSA) is 58.6 Å². The molecule has 0 aromatic rings. The van der Waals surface area contributed by atoms with E-state index in [4.69, 9.17) is 4.74 Å². The molecule has 0 radical (unpaired) electrons. The summed E-state index contributed by atoms with van der Waals surface area (Å²) in [5, 5.41) is 12.4. The lowest BCUT2D eigenvalue weighted by Crippen LogP contribution is -2.48. The maximum Gasteiger partial charge on any atom is 0.251 e. The van der Waals surface area contributed by atoms with Crippen molar-refractivity contribution in [3.63, 3.8) is 0 Å². The molecule has 4 nitrogen and oxygen atoms in total. The van der Waals surface area contributed by atoms with Crippen molar-refractivity contribution in [3.05, 3.63) is 0 Å². The van der Waals surface area contributed by atoms with E-state index in [-0.39, 0.29) is 17.9 Å². The van der Waals surface area contributed by atoms with Crippen molar-refractivity contribution >= 4 is 5.91 Å². The van der Waals surface area contributed by atoms with Gasteiger partial charge >= 0.3 is 0 Å². The fourth-order valence-electron chi connectivity index (χ4n) is 2.19. The minimum atomic E-state index is -0.664. The monoisotopic (exact) mass is 243 g/mol. The van der Waals surface area contributed by atoms with Crippen molar-refractivity contribution in [1.82, 2.24) is 5.32 Å². The Bertz CT molecular complexity index is 247. The van der Waals surface area contributed by atoms with Gasteiger partial charge in [0.25, 0.3) is 5.91 Å². The van der Waals surface area contributed by atoms with Crippen LogP contribution in [0.2, 0.25) is 0 Å². The summed E-state index contributed by atoms with van der Waals surface area (Å²) in [5.74, 6) is -0.0466. The predicted octanol–water partition coefficient (Wildman–Crippen LogP) is 1.47. The number of rotatable bonds is 6. The van der Waals surface area contributed by atoms with Crippen LogP contribution in [0.4, 0.5) is 0 Å². The van der Waals surface area contributed by atoms with Crippen LogP contribution >= 0.6 is 0 Å². The fraction of sp³-hybridized carbons (Fsp3) is 0.923. The minimum Gasteiger partial charge on any atom is -0.396 e. The molecule has 1 rings (SSSR count). The van der Waals surface area contributed by atoms with Gasteiger partial charge in [0, 0.05) is 18.6 Å². The highest BCUT2D eigenvalue weighted by Crippen LogP contribution is 2.27. The van der Waals surface area contributed by atoms with Crippen LogP contribution in [-0.2, 0) is 9.53 Å². The largest absolute Gasteiger partial charge is 0.396 e. The van der Waals surface area contributed by atoms with E-state index in [1.165, 1.54) is 0 Å². The Labute approximate surface area is 104 Å². The van der Waals surface area contributed by atoms with Crippen LogP contribution in [-0.4, -0.2) is 36.4 Å². The average molecular weight is 243 g/mol. The lowest BCUT2D eigenvalue weighted by Gasteiger charge is -2.31. The average Bonchev–Trinajstić information content (AvgIpc) is 2.80. The molecule has 0 aromatic heterocycles. The first-order valence-corrected chi connectivity index (χ1v) is 6.55. The molecule has 2 N–H and O–H groups in total. The Morgan fingerprint density at radius 2 is 2.12 bits per heavy atom. The Morgan fingerprint density at radius 1 is 1.47 bits per heavy atom. The molecule has 0 spiro atoms. The molecule has 0 aromatic carbocycles. The molecule has 17 heavy (non-hydrogen) atoms. The molecule has 1 saturated heterocycles. The lowest BCUT2D eigenvalue weighted by atomic mass is 9.83. The van der Waals surface area contributed by atoms with E-state index < -0.39 is 5.60 Å². The maximum absolute atomic E-state index is 12.0. The number of amides is 1. The van der Waals surface area contributed by atoms with Crippen LogP contribution in [0.3, 0.4) is 0 Å². The Morgan fingerprint density at radius 3 is 2.53 bits per heavy atom. The molecule has 0 saturated carbocycles. The zero-order valence-electron chi connectivity index (χ0n) is 11.2. The Balaban J connectivity index is 2.52. The standard InChI is InChI=1S/C13H25NO3/c1-4-13(5-2,10-15)9-14-11(16)12(3)7-6-8-17-12/h15H,4-10H2,1-3H3,(H,14,16). The smallest absolute Gasteiger partial charge is 0.251 e. The van der Waals surface area contributed by atoms with Crippen LogP contribution in [0.5, 0.6) is 0 Å². The molecule has 1 unspecified atom stereocenters. The lowest BCUT2D eigenvalue weighted by molar-refractivity contribution is -0.140. The molecule has 1 fully saturated rings. The van der Waals surface area contributed by atoms with Gasteiger partial charge in [-0.1, -0.05) is 13.8 Å². The van der Waals surface area contributed by atoms with Gasteiger partial charge in [0.05, 0.1) is 6.61 Å². The number of carbonyl (C=O) groups is 1. The zero-order chi connectivity index (χ0) is 12.9. The van der Waals surface area contributed by atoms with Crippen molar-refractivity contribution in [1.29, 1.82) is 0 Å². The van der Waals surface area contributed by atoms with Crippen molar-refractivity contribution in [2.45, 2.75) is 52.1 Å². The summed E-state index contributed by atoms with van der Waals surface area (Å²) in [6.45, 7) is 7.22. The third kappa shape index (κ3) is 3.19. The second-order valence-corrected chi connectivity index (χ2v) is 5.23. The van der Waals surface area contributed by atoms with Crippen LogP contribution in [0.25, 0.3) is 0 Å². The highest BCUT2D eigenvalue weighted by Gasteiger charge is 2.38. The number of carbonyl (C=O) groups excluding carboxylic acids is 1. The van der Waals surface area contributed by atoms with E-state index >= 15 is 0 Å². The zero-order valence-corrected chi connectivity index (χ0v) is 11.2. The number of aliphatic hydroxyl groups excluding tert-OH is 1. The molecule has 1 aliphatic rings. The summed E-state index contributed by atoms with van der Waals surface area (Å²) in [7, 11) is 0. The van der Waals surface area contributed by atoms with Gasteiger partial charge in [-0.3, -0.25) is 4.79 Å². The molecule has 1 aliphatic heterocycles. The highest BCUT2D eigenvalue weighted by atomic mass is 16.5. The molecule has 0 aliphatic carbocycles. The van der Waals surface area contributed by atoms with E-state index in [0.29, 0.717) is 13.2 Å². The molecular formula is C13H25NO3. The minimum absolute atomic E-state index is 0.0466. The summed E-state index contributed by atoms with van der Waals surface area (Å²) in [6.07, 6.45) is 3.44. The third-order valence-electron chi connectivity index (χ3n) is 4.16. The summed E-state index contributed by atoms with van der Waals surface area (Å²) in [4.78, 5) is 12.0. The van der Waals surface area contributed by atoms with Crippen molar-refractivity contribution < 1.29 is 14.6 Å². The summed E-state index contributed by atoms with van der Waals surface area (Å²) in [5.41, 5.74) is -0.854. The normalized spacial score (nSPS) is 24.9. The SMILES string of the molecule is CCC(CC)(CO)CNC(=O)C1(C)CCCO1. The van der Waals surface area contributed by atoms with Crippen LogP contribution < -0.4 is 5.32 Å². The van der Waals surface area contributed by atoms with E-state index in [9.17, 15) is 9.90 Å². The Hall–Kier alpha value is -0.610. The number of nitrogens with one attached hydrogen (secondary N) is 1. The van der Waals surface area contributed by atoms with Gasteiger partial charge in [-0.15, -0.1) is 0 Å². The number of hydrogen-bond acceptors (Lipinski definition) is 3. The van der Waals surface area contributed by atoms with Crippen LogP contribution in [0.15, 0.2) is 0 Å². The predicted molar refractivity (Wildman–Crippen MR) is 66.7 cm³/mol. The first kappa shape index (κ1) is 14.5. The van der Waals surface area contributed by atoms with Crippen LogP contribution in [0, 0.1) is 5.41 Å². The number of hydrogen-bond donors (Lipinski definition) is 2. The van der Waals surface area contributed by atoms with Gasteiger partial charge in [-0.2, -0.15) is 0 Å². The fourth-order valence-corrected chi connectivity index (χ4v) is 2.19. The maximum atomic E-state index is 12.0. The van der Waals surface area contributed by atoms with Crippen molar-refractivity contribution in [2.75, 3.05) is 19.8 Å². The second-order valence-electron chi connectivity index (χ2n) is 5.23. The summed E-state index contributed by atoms with van der Waals surface area (Å²) >= 11 is 0. The van der Waals surface area contributed by atoms with E-state index in [1.54, 1.807) is 0 Å². The van der Waals surface area contributed by atoms with E-state index in [1.807, 2.05) is 20.8 Å². The second kappa shape index (κ2) is 5.83. The number of ether oxygens (including phenoxy) is 1. The molecule has 1 amide bonds. The molecule has 0 bridgehead atoms. The summed E-state index contributed by atoms with van der Waals surface area (Å²) < 4.78 is 5.49. The van der Waals surface area contributed by atoms with Gasteiger partial charge in [0.15, 0.2) is 0 Å². The van der Waals surface area contributed by atoms with E-state index in [2.05, 4.69) is 5.32 Å². The van der Waals surface area contributed by atoms with Crippen molar-refractivity contribution in [3.8, 4) is 0 Å². The van der Waals surface area contributed by atoms with Crippen LogP contribution in [0.1, 0.15) is 46.5 Å². The quantitative estimate of drug-likeness (QED) is 0.742. The first-order chi connectivity index (χ1) is 8.02. The van der Waals surface area contributed by atoms with Gasteiger partial charge < -0.3 is 15.2 Å². The number of aliphatic hydroxyl groups is 1. The van der Waals surface area contributed by atoms with Gasteiger partial charge in [-0.25, -0.2) is 0 Å². The van der Waals surface area contributed by atoms with Gasteiger partial charge in [0.2, 0.25) is 0 Å². The molecule has 100 valence electrons. The molecular weight excluding hydrogens is 218 g/mol. The molecule has 1 atom stereocenters. The van der Waals surface area contributed by atoms with E-state index in [0.717, 1.165) is 25.7 Å². The van der Waals surface area contributed by atoms with Gasteiger partial charge in [-0.05, 0) is 32.6 Å².